The van der Waals surface area contributed by atoms with Crippen molar-refractivity contribution in [3.05, 3.63) is 72.5 Å². The lowest BCUT2D eigenvalue weighted by Crippen LogP contribution is -2.45. The molecule has 0 bridgehead atoms. The van der Waals surface area contributed by atoms with Gasteiger partial charge in [-0.1, -0.05) is 38.1 Å². The predicted molar refractivity (Wildman–Crippen MR) is 105 cm³/mol. The predicted octanol–water partition coefficient (Wildman–Crippen LogP) is 4.37. The van der Waals surface area contributed by atoms with E-state index in [-0.39, 0.29) is 5.82 Å². The van der Waals surface area contributed by atoms with Crippen molar-refractivity contribution in [2.75, 3.05) is 13.1 Å². The minimum absolute atomic E-state index is 0.270. The van der Waals surface area contributed by atoms with Crippen LogP contribution in [0.25, 0.3) is 11.3 Å². The van der Waals surface area contributed by atoms with E-state index in [1.54, 1.807) is 6.07 Å². The first-order chi connectivity index (χ1) is 13.1. The van der Waals surface area contributed by atoms with Crippen molar-refractivity contribution in [2.24, 2.45) is 0 Å². The van der Waals surface area contributed by atoms with Gasteiger partial charge in [0.1, 0.15) is 5.82 Å². The molecule has 2 heterocycles. The molecule has 5 heteroatoms. The molecular weight excluding hydrogens is 339 g/mol. The average Bonchev–Trinajstić information content (AvgIpc) is 3.21. The van der Waals surface area contributed by atoms with E-state index in [1.165, 1.54) is 37.8 Å². The normalized spacial score (nSPS) is 18.4. The highest BCUT2D eigenvalue weighted by Crippen LogP contribution is 2.31. The fourth-order valence-electron chi connectivity index (χ4n) is 4.08. The molecule has 0 N–H and O–H groups in total. The zero-order valence-electron chi connectivity index (χ0n) is 15.6. The molecule has 2 fully saturated rings. The molecule has 4 rings (SSSR count). The van der Waals surface area contributed by atoms with Gasteiger partial charge in [0.25, 0.3) is 0 Å². The Kier molecular flexibility index (Phi) is 4.92. The minimum atomic E-state index is -0.270. The number of hydrogen-bond acceptors (Lipinski definition) is 4. The summed E-state index contributed by atoms with van der Waals surface area (Å²) in [6.45, 7) is 11.1. The second-order valence-electron chi connectivity index (χ2n) is 7.37. The molecule has 1 aromatic carbocycles. The fourth-order valence-corrected chi connectivity index (χ4v) is 4.08. The molecule has 0 amide bonds. The van der Waals surface area contributed by atoms with Gasteiger partial charge in [-0.2, -0.15) is 10.2 Å². The number of rotatable bonds is 4. The third-order valence-electron chi connectivity index (χ3n) is 5.63. The maximum atomic E-state index is 13.4. The molecule has 0 radical (unpaired) electrons. The highest BCUT2D eigenvalue weighted by Gasteiger charge is 2.29. The van der Waals surface area contributed by atoms with Gasteiger partial charge in [0, 0.05) is 24.7 Å². The van der Waals surface area contributed by atoms with Crippen LogP contribution in [0.5, 0.6) is 0 Å². The summed E-state index contributed by atoms with van der Waals surface area (Å²) in [5.74, 6) is -0.270. The van der Waals surface area contributed by atoms with Crippen molar-refractivity contribution in [1.29, 1.82) is 0 Å². The number of halogens is 1. The molecule has 1 saturated heterocycles. The Labute approximate surface area is 160 Å². The van der Waals surface area contributed by atoms with Crippen molar-refractivity contribution >= 4 is 0 Å². The Bertz CT molecular complexity index is 840. The summed E-state index contributed by atoms with van der Waals surface area (Å²) < 4.78 is 13.4. The summed E-state index contributed by atoms with van der Waals surface area (Å²) in [4.78, 5) is 4.66. The number of nitrogens with zero attached hydrogens (tertiary/aromatic N) is 4. The molecule has 1 aliphatic heterocycles. The molecule has 1 aliphatic carbocycles. The Balaban J connectivity index is 1.42. The molecule has 1 aromatic heterocycles. The Hall–Kier alpha value is -2.69. The molecule has 0 atom stereocenters. The van der Waals surface area contributed by atoms with Crippen molar-refractivity contribution in [2.45, 2.75) is 38.3 Å². The lowest BCUT2D eigenvalue weighted by molar-refractivity contribution is 0.172. The number of piperazine rings is 1. The third-order valence-corrected chi connectivity index (χ3v) is 5.63. The maximum absolute atomic E-state index is 13.4. The molecule has 2 aliphatic rings. The van der Waals surface area contributed by atoms with Crippen LogP contribution in [0, 0.1) is 5.82 Å². The highest BCUT2D eigenvalue weighted by atomic mass is 19.1. The SMILES string of the molecule is C=C1C(=C)N(C2CCCC2)CCN1Cc1ccc(-c2cccc(F)c2)nn1. The van der Waals surface area contributed by atoms with Crippen LogP contribution < -0.4 is 0 Å². The van der Waals surface area contributed by atoms with Gasteiger partial charge >= 0.3 is 0 Å². The van der Waals surface area contributed by atoms with Crippen LogP contribution in [0.15, 0.2) is 61.0 Å². The van der Waals surface area contributed by atoms with Gasteiger partial charge in [-0.15, -0.1) is 0 Å². The van der Waals surface area contributed by atoms with E-state index in [1.807, 2.05) is 18.2 Å². The molecule has 1 saturated carbocycles. The van der Waals surface area contributed by atoms with Gasteiger partial charge < -0.3 is 9.80 Å². The lowest BCUT2D eigenvalue weighted by Gasteiger charge is -2.43. The van der Waals surface area contributed by atoms with E-state index in [0.29, 0.717) is 18.3 Å². The van der Waals surface area contributed by atoms with Crippen LogP contribution in [0.2, 0.25) is 0 Å². The summed E-state index contributed by atoms with van der Waals surface area (Å²) in [5.41, 5.74) is 4.30. The van der Waals surface area contributed by atoms with E-state index >= 15 is 0 Å². The first-order valence-electron chi connectivity index (χ1n) is 9.60. The first kappa shape index (κ1) is 17.7. The van der Waals surface area contributed by atoms with Gasteiger partial charge in [0.2, 0.25) is 0 Å². The third kappa shape index (κ3) is 3.72. The smallest absolute Gasteiger partial charge is 0.123 e. The van der Waals surface area contributed by atoms with E-state index in [9.17, 15) is 4.39 Å². The van der Waals surface area contributed by atoms with E-state index in [2.05, 4.69) is 33.2 Å². The van der Waals surface area contributed by atoms with Crippen molar-refractivity contribution in [1.82, 2.24) is 20.0 Å². The Morgan fingerprint density at radius 1 is 1.00 bits per heavy atom. The summed E-state index contributed by atoms with van der Waals surface area (Å²) >= 11 is 0. The molecule has 140 valence electrons. The Morgan fingerprint density at radius 2 is 1.81 bits per heavy atom. The largest absolute Gasteiger partial charge is 0.366 e. The van der Waals surface area contributed by atoms with E-state index in [0.717, 1.165) is 35.7 Å². The zero-order valence-corrected chi connectivity index (χ0v) is 15.6. The van der Waals surface area contributed by atoms with Crippen LogP contribution in [0.1, 0.15) is 31.4 Å². The number of hydrogen-bond donors (Lipinski definition) is 0. The molecule has 2 aromatic rings. The standard InChI is InChI=1S/C22H25FN4/c1-16-17(2)27(21-8-3-4-9-21)13-12-26(16)15-20-10-11-22(25-24-20)18-6-5-7-19(23)14-18/h5-7,10-11,14,21H,1-4,8-9,12-13,15H2. The second kappa shape index (κ2) is 7.51. The topological polar surface area (TPSA) is 32.3 Å². The monoisotopic (exact) mass is 364 g/mol. The van der Waals surface area contributed by atoms with Crippen LogP contribution in [-0.4, -0.2) is 39.1 Å². The van der Waals surface area contributed by atoms with Crippen LogP contribution in [0.3, 0.4) is 0 Å². The molecule has 4 nitrogen and oxygen atoms in total. The molecule has 0 spiro atoms. The number of benzene rings is 1. The zero-order chi connectivity index (χ0) is 18.8. The highest BCUT2D eigenvalue weighted by molar-refractivity contribution is 5.58. The maximum Gasteiger partial charge on any atom is 0.123 e. The molecule has 27 heavy (non-hydrogen) atoms. The van der Waals surface area contributed by atoms with Gasteiger partial charge in [-0.25, -0.2) is 4.39 Å². The molecular formula is C22H25FN4. The van der Waals surface area contributed by atoms with Crippen molar-refractivity contribution in [3.8, 4) is 11.3 Å². The Morgan fingerprint density at radius 3 is 2.52 bits per heavy atom. The van der Waals surface area contributed by atoms with Crippen molar-refractivity contribution < 1.29 is 4.39 Å². The van der Waals surface area contributed by atoms with E-state index in [4.69, 9.17) is 0 Å². The van der Waals surface area contributed by atoms with Crippen molar-refractivity contribution in [3.63, 3.8) is 0 Å². The van der Waals surface area contributed by atoms with Gasteiger partial charge in [0.05, 0.1) is 29.3 Å². The summed E-state index contributed by atoms with van der Waals surface area (Å²) in [6, 6.07) is 10.9. The van der Waals surface area contributed by atoms with Crippen LogP contribution >= 0.6 is 0 Å². The summed E-state index contributed by atoms with van der Waals surface area (Å²) in [5, 5.41) is 8.61. The van der Waals surface area contributed by atoms with Crippen LogP contribution in [0.4, 0.5) is 4.39 Å². The van der Waals surface area contributed by atoms with E-state index < -0.39 is 0 Å². The average molecular weight is 364 g/mol. The molecule has 0 unspecified atom stereocenters. The number of aromatic nitrogens is 2. The lowest BCUT2D eigenvalue weighted by atomic mass is 10.1. The van der Waals surface area contributed by atoms with Crippen LogP contribution in [-0.2, 0) is 6.54 Å². The quantitative estimate of drug-likeness (QED) is 0.806. The first-order valence-corrected chi connectivity index (χ1v) is 9.60. The minimum Gasteiger partial charge on any atom is -0.366 e. The summed E-state index contributed by atoms with van der Waals surface area (Å²) in [7, 11) is 0. The van der Waals surface area contributed by atoms with Gasteiger partial charge in [0.15, 0.2) is 0 Å². The van der Waals surface area contributed by atoms with Gasteiger partial charge in [-0.05, 0) is 37.1 Å². The fraction of sp³-hybridized carbons (Fsp3) is 0.364. The summed E-state index contributed by atoms with van der Waals surface area (Å²) in [6.07, 6.45) is 5.16. The second-order valence-corrected chi connectivity index (χ2v) is 7.37. The van der Waals surface area contributed by atoms with Gasteiger partial charge in [-0.3, -0.25) is 0 Å².